The van der Waals surface area contributed by atoms with Crippen LogP contribution >= 0.6 is 11.6 Å². The van der Waals surface area contributed by atoms with Gasteiger partial charge < -0.3 is 10.2 Å². The smallest absolute Gasteiger partial charge is 0.119 e. The maximum absolute atomic E-state index is 6.41. The average molecular weight is 289 g/mol. The Balaban J connectivity index is 1.86. The van der Waals surface area contributed by atoms with Gasteiger partial charge in [0.15, 0.2) is 0 Å². The standard InChI is InChI=1S/C15H17ClN4/c1-19-8-13(16)20-9-18-14-10-4-2-3-5-12(10)17-7-6-11(14)15(19)20/h2-5,9,13,15,17H,6-8H2,1H3. The molecule has 104 valence electrons. The van der Waals surface area contributed by atoms with Gasteiger partial charge >= 0.3 is 0 Å². The van der Waals surface area contributed by atoms with E-state index in [2.05, 4.69) is 46.4 Å². The van der Waals surface area contributed by atoms with Gasteiger partial charge in [0.1, 0.15) is 11.7 Å². The lowest BCUT2D eigenvalue weighted by Gasteiger charge is -2.33. The van der Waals surface area contributed by atoms with Crippen LogP contribution in [-0.2, 0) is 0 Å². The minimum Gasteiger partial charge on any atom is -0.384 e. The number of para-hydroxylation sites is 1. The predicted molar refractivity (Wildman–Crippen MR) is 82.9 cm³/mol. The fourth-order valence-corrected chi connectivity index (χ4v) is 3.76. The summed E-state index contributed by atoms with van der Waals surface area (Å²) in [5, 5.41) is 3.50. The molecule has 4 rings (SSSR count). The number of hydrogen-bond donors (Lipinski definition) is 1. The summed E-state index contributed by atoms with van der Waals surface area (Å²) in [5.74, 6) is 0. The minimum absolute atomic E-state index is 0.00857. The fourth-order valence-electron chi connectivity index (χ4n) is 3.39. The van der Waals surface area contributed by atoms with Crippen LogP contribution in [0, 0.1) is 0 Å². The number of benzene rings is 1. The number of hydrogen-bond acceptors (Lipinski definition) is 4. The fraction of sp³-hybridized carbons (Fsp3) is 0.400. The van der Waals surface area contributed by atoms with E-state index in [1.807, 2.05) is 6.34 Å². The van der Waals surface area contributed by atoms with Gasteiger partial charge in [0, 0.05) is 24.3 Å². The van der Waals surface area contributed by atoms with Crippen LogP contribution in [0.3, 0.4) is 0 Å². The van der Waals surface area contributed by atoms with Crippen molar-refractivity contribution in [1.82, 2.24) is 9.80 Å². The molecule has 0 radical (unpaired) electrons. The molecule has 1 aromatic carbocycles. The molecule has 2 unspecified atom stereocenters. The number of halogens is 1. The van der Waals surface area contributed by atoms with Gasteiger partial charge in [-0.1, -0.05) is 29.8 Å². The van der Waals surface area contributed by atoms with Crippen molar-refractivity contribution in [2.45, 2.75) is 18.1 Å². The van der Waals surface area contributed by atoms with Crippen LogP contribution in [0.25, 0.3) is 5.70 Å². The second-order valence-corrected chi connectivity index (χ2v) is 6.04. The van der Waals surface area contributed by atoms with E-state index in [0.29, 0.717) is 0 Å². The molecule has 0 aliphatic carbocycles. The minimum atomic E-state index is 0.00857. The third-order valence-corrected chi connectivity index (χ3v) is 4.65. The van der Waals surface area contributed by atoms with E-state index >= 15 is 0 Å². The molecule has 1 N–H and O–H groups in total. The molecule has 3 heterocycles. The molecule has 1 saturated heterocycles. The molecule has 20 heavy (non-hydrogen) atoms. The Morgan fingerprint density at radius 2 is 2.20 bits per heavy atom. The van der Waals surface area contributed by atoms with E-state index in [0.717, 1.165) is 25.2 Å². The highest BCUT2D eigenvalue weighted by molar-refractivity contribution is 6.21. The van der Waals surface area contributed by atoms with Gasteiger partial charge in [0.25, 0.3) is 0 Å². The first-order chi connectivity index (χ1) is 9.75. The quantitative estimate of drug-likeness (QED) is 0.587. The average Bonchev–Trinajstić information content (AvgIpc) is 2.65. The number of nitrogens with one attached hydrogen (secondary N) is 1. The number of aliphatic imine (C=N–C) groups is 1. The third kappa shape index (κ3) is 1.68. The van der Waals surface area contributed by atoms with E-state index in [4.69, 9.17) is 16.6 Å². The normalized spacial score (nSPS) is 28.6. The van der Waals surface area contributed by atoms with Crippen LogP contribution in [0.2, 0.25) is 0 Å². The summed E-state index contributed by atoms with van der Waals surface area (Å²) in [7, 11) is 2.13. The second-order valence-electron chi connectivity index (χ2n) is 5.54. The van der Waals surface area contributed by atoms with Gasteiger partial charge in [-0.05, 0) is 25.1 Å². The van der Waals surface area contributed by atoms with Crippen LogP contribution in [0.5, 0.6) is 0 Å². The van der Waals surface area contributed by atoms with E-state index in [1.165, 1.54) is 16.8 Å². The molecule has 3 aliphatic rings. The van der Waals surface area contributed by atoms with Crippen molar-refractivity contribution in [1.29, 1.82) is 0 Å². The summed E-state index contributed by atoms with van der Waals surface area (Å²) < 4.78 is 0. The lowest BCUT2D eigenvalue weighted by Crippen LogP contribution is -2.41. The predicted octanol–water partition coefficient (Wildman–Crippen LogP) is 2.39. The molecule has 0 amide bonds. The molecule has 1 aromatic rings. The van der Waals surface area contributed by atoms with Gasteiger partial charge in [-0.2, -0.15) is 0 Å². The van der Waals surface area contributed by atoms with Crippen molar-refractivity contribution in [3.63, 3.8) is 0 Å². The van der Waals surface area contributed by atoms with Gasteiger partial charge in [0.05, 0.1) is 12.0 Å². The number of anilines is 1. The number of fused-ring (bicyclic) bond motifs is 4. The second kappa shape index (κ2) is 4.50. The van der Waals surface area contributed by atoms with Gasteiger partial charge in [-0.15, -0.1) is 0 Å². The molecule has 2 atom stereocenters. The number of rotatable bonds is 0. The first kappa shape index (κ1) is 12.2. The summed E-state index contributed by atoms with van der Waals surface area (Å²) >= 11 is 6.41. The monoisotopic (exact) mass is 288 g/mol. The Hall–Kier alpha value is -1.52. The Morgan fingerprint density at radius 3 is 3.10 bits per heavy atom. The first-order valence-electron chi connectivity index (χ1n) is 6.98. The summed E-state index contributed by atoms with van der Waals surface area (Å²) in [6.45, 7) is 1.81. The molecule has 4 nitrogen and oxygen atoms in total. The van der Waals surface area contributed by atoms with E-state index in [-0.39, 0.29) is 11.7 Å². The Kier molecular flexibility index (Phi) is 2.75. The highest BCUT2D eigenvalue weighted by atomic mass is 35.5. The van der Waals surface area contributed by atoms with Crippen LogP contribution in [-0.4, -0.2) is 47.9 Å². The van der Waals surface area contributed by atoms with Crippen LogP contribution in [0.1, 0.15) is 12.0 Å². The highest BCUT2D eigenvalue weighted by Crippen LogP contribution is 2.39. The molecule has 1 fully saturated rings. The summed E-state index contributed by atoms with van der Waals surface area (Å²) in [6.07, 6.45) is 3.15. The SMILES string of the molecule is CN1CC(Cl)N2C=NC3=C(CCNc4ccccc43)C12. The summed E-state index contributed by atoms with van der Waals surface area (Å²) in [4.78, 5) is 9.18. The zero-order valence-corrected chi connectivity index (χ0v) is 12.1. The summed E-state index contributed by atoms with van der Waals surface area (Å²) in [6, 6.07) is 8.40. The van der Waals surface area contributed by atoms with Crippen LogP contribution in [0.15, 0.2) is 34.8 Å². The van der Waals surface area contributed by atoms with Crippen molar-refractivity contribution in [3.8, 4) is 0 Å². The maximum Gasteiger partial charge on any atom is 0.119 e. The molecule has 0 bridgehead atoms. The molecule has 0 saturated carbocycles. The third-order valence-electron chi connectivity index (χ3n) is 4.29. The zero-order chi connectivity index (χ0) is 13.7. The summed E-state index contributed by atoms with van der Waals surface area (Å²) in [5.41, 5.74) is 4.86. The lowest BCUT2D eigenvalue weighted by molar-refractivity contribution is 0.258. The first-order valence-corrected chi connectivity index (χ1v) is 7.41. The van der Waals surface area contributed by atoms with Crippen LogP contribution < -0.4 is 5.32 Å². The number of likely N-dealkylation sites (N-methyl/N-ethyl adjacent to an activating group) is 1. The molecule has 5 heteroatoms. The van der Waals surface area contributed by atoms with E-state index in [9.17, 15) is 0 Å². The van der Waals surface area contributed by atoms with Crippen molar-refractivity contribution in [2.75, 3.05) is 25.5 Å². The van der Waals surface area contributed by atoms with Crippen molar-refractivity contribution in [3.05, 3.63) is 35.4 Å². The van der Waals surface area contributed by atoms with E-state index in [1.54, 1.807) is 0 Å². The molecule has 0 spiro atoms. The van der Waals surface area contributed by atoms with Gasteiger partial charge in [-0.25, -0.2) is 4.99 Å². The number of nitrogens with zero attached hydrogens (tertiary/aromatic N) is 3. The molecule has 0 aromatic heterocycles. The Morgan fingerprint density at radius 1 is 1.35 bits per heavy atom. The largest absolute Gasteiger partial charge is 0.384 e. The zero-order valence-electron chi connectivity index (χ0n) is 11.4. The molecular weight excluding hydrogens is 272 g/mol. The number of alkyl halides is 1. The highest BCUT2D eigenvalue weighted by Gasteiger charge is 2.40. The van der Waals surface area contributed by atoms with E-state index < -0.39 is 0 Å². The van der Waals surface area contributed by atoms with Gasteiger partial charge in [-0.3, -0.25) is 4.90 Å². The topological polar surface area (TPSA) is 30.9 Å². The van der Waals surface area contributed by atoms with Crippen LogP contribution in [0.4, 0.5) is 5.69 Å². The maximum atomic E-state index is 6.41. The molecule has 3 aliphatic heterocycles. The van der Waals surface area contributed by atoms with Crippen molar-refractivity contribution in [2.24, 2.45) is 4.99 Å². The van der Waals surface area contributed by atoms with Crippen molar-refractivity contribution < 1.29 is 0 Å². The van der Waals surface area contributed by atoms with Crippen molar-refractivity contribution >= 4 is 29.3 Å². The Bertz CT molecular complexity index is 610. The Labute approximate surface area is 123 Å². The van der Waals surface area contributed by atoms with Gasteiger partial charge in [0.2, 0.25) is 0 Å². The lowest BCUT2D eigenvalue weighted by atomic mass is 10.0. The molecular formula is C15H17ClN4.